The number of nitrogens with zero attached hydrogens (tertiary/aromatic N) is 1. The van der Waals surface area contributed by atoms with Gasteiger partial charge in [0.2, 0.25) is 0 Å². The van der Waals surface area contributed by atoms with Crippen molar-refractivity contribution in [2.24, 2.45) is 5.92 Å². The van der Waals surface area contributed by atoms with Gasteiger partial charge in [-0.25, -0.2) is 4.98 Å². The van der Waals surface area contributed by atoms with E-state index in [0.717, 1.165) is 12.3 Å². The Balaban J connectivity index is 1.62. The second-order valence-corrected chi connectivity index (χ2v) is 9.48. The molecule has 1 atom stereocenters. The maximum Gasteiger partial charge on any atom is 0.273 e. The van der Waals surface area contributed by atoms with Crippen LogP contribution in [0.25, 0.3) is 0 Å². The number of β-amino-alcohol motifs (C(OH)–C–C–N with tert-alkyl or cyclic N) is 1. The first-order valence-electron chi connectivity index (χ1n) is 10.1. The minimum Gasteiger partial charge on any atom is -0.467 e. The Labute approximate surface area is 167 Å². The van der Waals surface area contributed by atoms with Gasteiger partial charge in [0.1, 0.15) is 17.6 Å². The number of rotatable bonds is 10. The molecule has 0 spiro atoms. The van der Waals surface area contributed by atoms with E-state index >= 15 is 0 Å². The lowest BCUT2D eigenvalue weighted by atomic mass is 9.86. The quantitative estimate of drug-likeness (QED) is 0.527. The molecule has 1 heterocycles. The molecule has 7 heteroatoms. The maximum absolute atomic E-state index is 12.2. The zero-order chi connectivity index (χ0) is 19.7. The van der Waals surface area contributed by atoms with E-state index in [4.69, 9.17) is 4.74 Å². The van der Waals surface area contributed by atoms with Crippen LogP contribution < -0.4 is 15.4 Å². The van der Waals surface area contributed by atoms with Crippen LogP contribution in [-0.2, 0) is 0 Å². The van der Waals surface area contributed by atoms with E-state index in [1.807, 2.05) is 20.8 Å². The number of aliphatic hydroxyl groups excluding tert-OH is 1. The van der Waals surface area contributed by atoms with Crippen LogP contribution in [0, 0.1) is 5.92 Å². The molecular weight excluding hydrogens is 362 g/mol. The molecular formula is C20H35N3O3S. The third-order valence-corrected chi connectivity index (χ3v) is 5.68. The molecule has 1 aromatic heterocycles. The monoisotopic (exact) mass is 397 g/mol. The van der Waals surface area contributed by atoms with E-state index in [-0.39, 0.29) is 18.1 Å². The first-order chi connectivity index (χ1) is 12.8. The summed E-state index contributed by atoms with van der Waals surface area (Å²) in [6.45, 7) is 7.44. The number of nitrogens with one attached hydrogen (secondary N) is 2. The maximum atomic E-state index is 12.2. The summed E-state index contributed by atoms with van der Waals surface area (Å²) in [6.07, 6.45) is 9.96. The molecule has 1 amide bonds. The normalized spacial score (nSPS) is 16.9. The number of aromatic nitrogens is 1. The van der Waals surface area contributed by atoms with Crippen LogP contribution in [0.5, 0.6) is 5.19 Å². The lowest BCUT2D eigenvalue weighted by Gasteiger charge is -2.22. The van der Waals surface area contributed by atoms with Gasteiger partial charge in [-0.15, -0.1) is 0 Å². The van der Waals surface area contributed by atoms with Crippen LogP contribution in [0.1, 0.15) is 75.4 Å². The molecule has 1 aromatic rings. The molecule has 3 N–H and O–H groups in total. The Kier molecular flexibility index (Phi) is 8.99. The molecule has 1 fully saturated rings. The summed E-state index contributed by atoms with van der Waals surface area (Å²) < 4.78 is 5.51. The molecule has 2 rings (SSSR count). The van der Waals surface area contributed by atoms with E-state index in [0.29, 0.717) is 23.2 Å². The Morgan fingerprint density at radius 2 is 2.11 bits per heavy atom. The molecule has 0 aliphatic heterocycles. The highest BCUT2D eigenvalue weighted by atomic mass is 32.1. The molecule has 1 unspecified atom stereocenters. The van der Waals surface area contributed by atoms with Gasteiger partial charge in [-0.1, -0.05) is 43.4 Å². The van der Waals surface area contributed by atoms with Gasteiger partial charge < -0.3 is 20.5 Å². The summed E-state index contributed by atoms with van der Waals surface area (Å²) in [6, 6.07) is 0. The van der Waals surface area contributed by atoms with Crippen molar-refractivity contribution >= 4 is 17.2 Å². The molecule has 154 valence electrons. The number of carbonyl (C=O) groups is 1. The number of thiazole rings is 1. The third-order valence-electron chi connectivity index (χ3n) is 4.77. The van der Waals surface area contributed by atoms with Crippen LogP contribution in [0.15, 0.2) is 6.20 Å². The summed E-state index contributed by atoms with van der Waals surface area (Å²) in [4.78, 5) is 16.9. The molecule has 6 nitrogen and oxygen atoms in total. The predicted octanol–water partition coefficient (Wildman–Crippen LogP) is 3.36. The molecule has 0 saturated heterocycles. The number of hydrogen-bond acceptors (Lipinski definition) is 6. The lowest BCUT2D eigenvalue weighted by molar-refractivity contribution is 0.0956. The van der Waals surface area contributed by atoms with Gasteiger partial charge in [0, 0.05) is 18.6 Å². The Morgan fingerprint density at radius 3 is 2.81 bits per heavy atom. The number of aliphatic hydroxyl groups is 1. The zero-order valence-corrected chi connectivity index (χ0v) is 17.7. The molecule has 1 saturated carbocycles. The molecule has 0 bridgehead atoms. The van der Waals surface area contributed by atoms with E-state index in [2.05, 4.69) is 15.6 Å². The fraction of sp³-hybridized carbons (Fsp3) is 0.800. The SMILES string of the molecule is CC(C)(C)NCC(O)COc1ncc(C(=O)NCCCC2CCCCC2)s1. The molecule has 0 radical (unpaired) electrons. The highest BCUT2D eigenvalue weighted by Gasteiger charge is 2.16. The fourth-order valence-corrected chi connectivity index (χ4v) is 3.93. The number of hydrogen-bond donors (Lipinski definition) is 3. The van der Waals surface area contributed by atoms with Crippen LogP contribution in [0.3, 0.4) is 0 Å². The highest BCUT2D eigenvalue weighted by Crippen LogP contribution is 2.27. The molecule has 1 aliphatic carbocycles. The van der Waals surface area contributed by atoms with Crippen molar-refractivity contribution < 1.29 is 14.6 Å². The van der Waals surface area contributed by atoms with Crippen molar-refractivity contribution in [3.05, 3.63) is 11.1 Å². The molecule has 27 heavy (non-hydrogen) atoms. The summed E-state index contributed by atoms with van der Waals surface area (Å²) in [5.41, 5.74) is -0.0512. The van der Waals surface area contributed by atoms with E-state index in [1.54, 1.807) is 0 Å². The van der Waals surface area contributed by atoms with Gasteiger partial charge >= 0.3 is 0 Å². The number of ether oxygens (including phenoxy) is 1. The van der Waals surface area contributed by atoms with Crippen LogP contribution in [0.2, 0.25) is 0 Å². The Hall–Kier alpha value is -1.18. The number of carbonyl (C=O) groups excluding carboxylic acids is 1. The summed E-state index contributed by atoms with van der Waals surface area (Å²) in [5, 5.41) is 16.6. The highest BCUT2D eigenvalue weighted by molar-refractivity contribution is 7.15. The van der Waals surface area contributed by atoms with Gasteiger partial charge in [-0.2, -0.15) is 0 Å². The second-order valence-electron chi connectivity index (χ2n) is 8.49. The average molecular weight is 398 g/mol. The summed E-state index contributed by atoms with van der Waals surface area (Å²) in [5.74, 6) is 0.749. The third kappa shape index (κ3) is 9.04. The van der Waals surface area contributed by atoms with Gasteiger partial charge in [-0.3, -0.25) is 4.79 Å². The van der Waals surface area contributed by atoms with E-state index < -0.39 is 6.10 Å². The van der Waals surface area contributed by atoms with E-state index in [1.165, 1.54) is 56.1 Å². The van der Waals surface area contributed by atoms with Crippen molar-refractivity contribution in [1.82, 2.24) is 15.6 Å². The Morgan fingerprint density at radius 1 is 1.37 bits per heavy atom. The largest absolute Gasteiger partial charge is 0.467 e. The van der Waals surface area contributed by atoms with E-state index in [9.17, 15) is 9.90 Å². The molecule has 1 aliphatic rings. The van der Waals surface area contributed by atoms with Crippen molar-refractivity contribution in [2.75, 3.05) is 19.7 Å². The first kappa shape index (κ1) is 22.1. The summed E-state index contributed by atoms with van der Waals surface area (Å²) in [7, 11) is 0. The second kappa shape index (κ2) is 11.0. The number of amides is 1. The van der Waals surface area contributed by atoms with Crippen LogP contribution >= 0.6 is 11.3 Å². The first-order valence-corrected chi connectivity index (χ1v) is 10.9. The minimum atomic E-state index is -0.620. The average Bonchev–Trinajstić information content (AvgIpc) is 3.11. The van der Waals surface area contributed by atoms with Gasteiger partial charge in [0.25, 0.3) is 11.1 Å². The topological polar surface area (TPSA) is 83.5 Å². The molecule has 0 aromatic carbocycles. The summed E-state index contributed by atoms with van der Waals surface area (Å²) >= 11 is 1.22. The predicted molar refractivity (Wildman–Crippen MR) is 110 cm³/mol. The van der Waals surface area contributed by atoms with Crippen molar-refractivity contribution in [1.29, 1.82) is 0 Å². The van der Waals surface area contributed by atoms with Crippen molar-refractivity contribution in [3.63, 3.8) is 0 Å². The smallest absolute Gasteiger partial charge is 0.273 e. The Bertz CT molecular complexity index is 565. The van der Waals surface area contributed by atoms with Crippen LogP contribution in [-0.4, -0.2) is 47.3 Å². The van der Waals surface area contributed by atoms with Gasteiger partial charge in [-0.05, 0) is 39.5 Å². The minimum absolute atomic E-state index is 0.0512. The zero-order valence-electron chi connectivity index (χ0n) is 16.9. The standard InChI is InChI=1S/C20H35N3O3S/c1-20(2,3)23-12-16(24)14-26-19-22-13-17(27-19)18(25)21-11-7-10-15-8-5-4-6-9-15/h13,15-16,23-24H,4-12,14H2,1-3H3,(H,21,25). The van der Waals surface area contributed by atoms with Crippen molar-refractivity contribution in [3.8, 4) is 5.19 Å². The van der Waals surface area contributed by atoms with Gasteiger partial charge in [0.05, 0.1) is 6.20 Å². The van der Waals surface area contributed by atoms with Crippen LogP contribution in [0.4, 0.5) is 0 Å². The lowest BCUT2D eigenvalue weighted by Crippen LogP contribution is -2.42. The fourth-order valence-electron chi connectivity index (χ4n) is 3.24. The van der Waals surface area contributed by atoms with Crippen molar-refractivity contribution in [2.45, 2.75) is 77.4 Å². The van der Waals surface area contributed by atoms with Gasteiger partial charge in [0.15, 0.2) is 0 Å².